The fourth-order valence-electron chi connectivity index (χ4n) is 3.79. The lowest BCUT2D eigenvalue weighted by Gasteiger charge is -2.40. The zero-order valence-corrected chi connectivity index (χ0v) is 19.8. The van der Waals surface area contributed by atoms with Gasteiger partial charge in [-0.05, 0) is 43.4 Å². The third kappa shape index (κ3) is 9.55. The van der Waals surface area contributed by atoms with Crippen LogP contribution in [0.3, 0.4) is 0 Å². The van der Waals surface area contributed by atoms with Crippen LogP contribution < -0.4 is 4.90 Å². The highest BCUT2D eigenvalue weighted by atomic mass is 32.1. The number of carbonyl (C=O) groups is 2. The van der Waals surface area contributed by atoms with E-state index in [-0.39, 0.29) is 0 Å². The molecular weight excluding hydrogens is 436 g/mol. The quantitative estimate of drug-likeness (QED) is 0.431. The van der Waals surface area contributed by atoms with E-state index in [2.05, 4.69) is 77.4 Å². The average molecular weight is 469 g/mol. The van der Waals surface area contributed by atoms with Gasteiger partial charge in [-0.2, -0.15) is 0 Å². The topological polar surface area (TPSA) is 81.1 Å². The molecular formula is C26H32N2O4S. The summed E-state index contributed by atoms with van der Waals surface area (Å²) in [5.41, 5.74) is 2.68. The molecule has 0 amide bonds. The summed E-state index contributed by atoms with van der Waals surface area (Å²) in [6, 6.07) is 22.0. The van der Waals surface area contributed by atoms with Gasteiger partial charge in [-0.3, -0.25) is 0 Å². The van der Waals surface area contributed by atoms with Crippen LogP contribution in [0.4, 0.5) is 5.69 Å². The predicted molar refractivity (Wildman–Crippen MR) is 136 cm³/mol. The molecule has 33 heavy (non-hydrogen) atoms. The summed E-state index contributed by atoms with van der Waals surface area (Å²) in [7, 11) is 0. The highest BCUT2D eigenvalue weighted by Crippen LogP contribution is 2.25. The summed E-state index contributed by atoms with van der Waals surface area (Å²) in [4.78, 5) is 25.2. The number of rotatable bonds is 8. The number of benzene rings is 2. The molecule has 0 aliphatic carbocycles. The smallest absolute Gasteiger partial charge is 0.328 e. The molecule has 1 heterocycles. The van der Waals surface area contributed by atoms with Crippen molar-refractivity contribution < 1.29 is 19.8 Å². The maximum atomic E-state index is 9.55. The van der Waals surface area contributed by atoms with Gasteiger partial charge in [0, 0.05) is 43.5 Å². The van der Waals surface area contributed by atoms with Crippen molar-refractivity contribution >= 4 is 34.8 Å². The Balaban J connectivity index is 0.000000414. The van der Waals surface area contributed by atoms with E-state index in [1.807, 2.05) is 0 Å². The van der Waals surface area contributed by atoms with E-state index in [1.54, 1.807) is 0 Å². The molecule has 3 rings (SSSR count). The highest BCUT2D eigenvalue weighted by Gasteiger charge is 2.26. The van der Waals surface area contributed by atoms with Crippen LogP contribution >= 0.6 is 12.2 Å². The van der Waals surface area contributed by atoms with Crippen molar-refractivity contribution in [3.05, 3.63) is 78.4 Å². The summed E-state index contributed by atoms with van der Waals surface area (Å²) < 4.78 is 0. The largest absolute Gasteiger partial charge is 0.478 e. The van der Waals surface area contributed by atoms with Gasteiger partial charge in [-0.25, -0.2) is 9.59 Å². The monoisotopic (exact) mass is 468 g/mol. The van der Waals surface area contributed by atoms with Gasteiger partial charge in [0.25, 0.3) is 0 Å². The molecule has 2 N–H and O–H groups in total. The molecule has 2 aromatic rings. The Morgan fingerprint density at radius 3 is 1.97 bits per heavy atom. The number of thiocarbonyl (C=S) groups is 1. The number of hydrogen-bond donors (Lipinski definition) is 2. The Morgan fingerprint density at radius 1 is 0.970 bits per heavy atom. The van der Waals surface area contributed by atoms with Crippen LogP contribution in [0, 0.1) is 0 Å². The molecule has 176 valence electrons. The van der Waals surface area contributed by atoms with Gasteiger partial charge in [-0.1, -0.05) is 67.7 Å². The number of hydrogen-bond acceptors (Lipinski definition) is 4. The van der Waals surface area contributed by atoms with E-state index in [1.165, 1.54) is 24.1 Å². The lowest BCUT2D eigenvalue weighted by Crippen LogP contribution is -2.47. The first kappa shape index (κ1) is 26.2. The molecule has 1 aliphatic rings. The third-order valence-electron chi connectivity index (χ3n) is 5.46. The van der Waals surface area contributed by atoms with Crippen LogP contribution in [-0.4, -0.2) is 57.7 Å². The third-order valence-corrected chi connectivity index (χ3v) is 5.94. The molecule has 0 saturated carbocycles. The molecule has 6 nitrogen and oxygen atoms in total. The van der Waals surface area contributed by atoms with E-state index >= 15 is 0 Å². The number of piperidine rings is 1. The van der Waals surface area contributed by atoms with E-state index in [4.69, 9.17) is 22.4 Å². The van der Waals surface area contributed by atoms with Gasteiger partial charge < -0.3 is 20.0 Å². The van der Waals surface area contributed by atoms with Gasteiger partial charge in [0.05, 0.1) is 4.99 Å². The standard InChI is InChI=1S/C22H28N2S.C4H4O4/c1-2-22(25)24(20-11-7-4-8-12-20)21-14-17-23(18-15-21)16-13-19-9-5-3-6-10-19;5-3(6)1-2-4(7)8/h3-12,21H,2,13-18H2,1H3;1-2H,(H,5,6)(H,7,8)/b;2-1+. The van der Waals surface area contributed by atoms with E-state index < -0.39 is 11.9 Å². The normalized spacial score (nSPS) is 14.3. The lowest BCUT2D eigenvalue weighted by molar-refractivity contribution is -0.134. The summed E-state index contributed by atoms with van der Waals surface area (Å²) >= 11 is 5.70. The molecule has 1 aliphatic heterocycles. The van der Waals surface area contributed by atoms with Gasteiger partial charge in [0.2, 0.25) is 0 Å². The first-order valence-electron chi connectivity index (χ1n) is 11.2. The highest BCUT2D eigenvalue weighted by molar-refractivity contribution is 7.80. The van der Waals surface area contributed by atoms with Crippen LogP contribution in [-0.2, 0) is 16.0 Å². The minimum atomic E-state index is -1.26. The number of carboxylic acid groups (broad SMARTS) is 2. The van der Waals surface area contributed by atoms with Crippen molar-refractivity contribution in [2.45, 2.75) is 38.6 Å². The maximum absolute atomic E-state index is 9.55. The number of aliphatic carboxylic acids is 2. The zero-order chi connectivity index (χ0) is 24.1. The Hall–Kier alpha value is -3.03. The summed E-state index contributed by atoms with van der Waals surface area (Å²) in [5, 5.41) is 15.6. The molecule has 0 bridgehead atoms. The fraction of sp³-hybridized carbons (Fsp3) is 0.346. The van der Waals surface area contributed by atoms with Gasteiger partial charge >= 0.3 is 11.9 Å². The van der Waals surface area contributed by atoms with E-state index in [9.17, 15) is 9.59 Å². The Bertz CT molecular complexity index is 894. The molecule has 1 fully saturated rings. The predicted octanol–water partition coefficient (Wildman–Crippen LogP) is 4.65. The van der Waals surface area contributed by atoms with Gasteiger partial charge in [0.1, 0.15) is 0 Å². The second-order valence-corrected chi connectivity index (χ2v) is 8.24. The number of para-hydroxylation sites is 1. The van der Waals surface area contributed by atoms with Crippen LogP contribution in [0.2, 0.25) is 0 Å². The van der Waals surface area contributed by atoms with Crippen LogP contribution in [0.1, 0.15) is 31.7 Å². The van der Waals surface area contributed by atoms with Gasteiger partial charge in [-0.15, -0.1) is 0 Å². The van der Waals surface area contributed by atoms with Crippen molar-refractivity contribution in [2.75, 3.05) is 24.5 Å². The van der Waals surface area contributed by atoms with Crippen LogP contribution in [0.5, 0.6) is 0 Å². The Kier molecular flexibility index (Phi) is 11.3. The molecule has 1 saturated heterocycles. The lowest BCUT2D eigenvalue weighted by atomic mass is 10.0. The van der Waals surface area contributed by atoms with Crippen molar-refractivity contribution in [1.29, 1.82) is 0 Å². The van der Waals surface area contributed by atoms with Crippen molar-refractivity contribution in [3.63, 3.8) is 0 Å². The average Bonchev–Trinajstić information content (AvgIpc) is 2.84. The Labute approximate surface area is 201 Å². The summed E-state index contributed by atoms with van der Waals surface area (Å²) in [6.45, 7) is 5.63. The second kappa shape index (κ2) is 14.2. The number of likely N-dealkylation sites (tertiary alicyclic amines) is 1. The molecule has 0 aromatic heterocycles. The molecule has 0 atom stereocenters. The number of nitrogens with zero attached hydrogens (tertiary/aromatic N) is 2. The fourth-order valence-corrected chi connectivity index (χ4v) is 4.05. The number of carboxylic acids is 2. The van der Waals surface area contributed by atoms with Crippen LogP contribution in [0.15, 0.2) is 72.8 Å². The van der Waals surface area contributed by atoms with E-state index in [0.29, 0.717) is 18.2 Å². The van der Waals surface area contributed by atoms with Crippen molar-refractivity contribution in [2.24, 2.45) is 0 Å². The zero-order valence-electron chi connectivity index (χ0n) is 19.0. The minimum Gasteiger partial charge on any atom is -0.478 e. The van der Waals surface area contributed by atoms with Gasteiger partial charge in [0.15, 0.2) is 0 Å². The van der Waals surface area contributed by atoms with Crippen LogP contribution in [0.25, 0.3) is 0 Å². The molecule has 0 radical (unpaired) electrons. The Morgan fingerprint density at radius 2 is 1.48 bits per heavy atom. The van der Waals surface area contributed by atoms with Crippen molar-refractivity contribution in [3.8, 4) is 0 Å². The summed E-state index contributed by atoms with van der Waals surface area (Å²) in [6.07, 6.45) is 5.55. The molecule has 7 heteroatoms. The first-order valence-corrected chi connectivity index (χ1v) is 11.6. The van der Waals surface area contributed by atoms with E-state index in [0.717, 1.165) is 37.5 Å². The first-order chi connectivity index (χ1) is 15.9. The molecule has 0 unspecified atom stereocenters. The van der Waals surface area contributed by atoms with Crippen molar-refractivity contribution in [1.82, 2.24) is 4.90 Å². The maximum Gasteiger partial charge on any atom is 0.328 e. The molecule has 0 spiro atoms. The number of anilines is 1. The second-order valence-electron chi connectivity index (χ2n) is 7.77. The SMILES string of the molecule is CCC(=S)N(c1ccccc1)C1CCN(CCc2ccccc2)CC1.O=C(O)/C=C/C(=O)O. The molecule has 2 aromatic carbocycles. The summed E-state index contributed by atoms with van der Waals surface area (Å²) in [5.74, 6) is -2.51. The minimum absolute atomic E-state index is 0.530.